The van der Waals surface area contributed by atoms with Crippen molar-refractivity contribution in [2.45, 2.75) is 51.5 Å². The van der Waals surface area contributed by atoms with Gasteiger partial charge < -0.3 is 4.98 Å². The van der Waals surface area contributed by atoms with E-state index in [9.17, 15) is 5.26 Å². The molecule has 3 nitrogen and oxygen atoms in total. The van der Waals surface area contributed by atoms with Crippen molar-refractivity contribution < 1.29 is 0 Å². The topological polar surface area (TPSA) is 42.8 Å². The van der Waals surface area contributed by atoms with Crippen molar-refractivity contribution in [1.29, 1.82) is 5.26 Å². The predicted molar refractivity (Wildman–Crippen MR) is 93.5 cm³/mol. The van der Waals surface area contributed by atoms with Crippen LogP contribution in [0.2, 0.25) is 0 Å². The van der Waals surface area contributed by atoms with Gasteiger partial charge in [-0.1, -0.05) is 19.1 Å². The van der Waals surface area contributed by atoms with Crippen LogP contribution in [-0.4, -0.2) is 29.0 Å². The highest BCUT2D eigenvalue weighted by molar-refractivity contribution is 5.89. The number of aryl methyl sites for hydroxylation is 1. The monoisotopic (exact) mass is 307 g/mol. The molecule has 2 heterocycles. The molecular weight excluding hydrogens is 282 g/mol. The number of aromatic nitrogens is 1. The maximum atomic E-state index is 9.17. The van der Waals surface area contributed by atoms with Crippen molar-refractivity contribution in [3.63, 3.8) is 0 Å². The van der Waals surface area contributed by atoms with Crippen LogP contribution in [0.25, 0.3) is 10.9 Å². The zero-order valence-corrected chi connectivity index (χ0v) is 14.1. The van der Waals surface area contributed by atoms with E-state index in [1.165, 1.54) is 40.6 Å². The number of benzene rings is 1. The summed E-state index contributed by atoms with van der Waals surface area (Å²) in [6.07, 6.45) is 4.21. The standard InChI is InChI=1S/C20H25N3/c1-3-9-23-12-14(7-8-21)10-17-15-5-4-6-18-20(15)16(11-19(17)23)13(2)22-18/h4-6,14,17,19,22H,3,7,9-12H2,1-2H3/t14-,17?,19-/m1/s1. The van der Waals surface area contributed by atoms with Gasteiger partial charge in [-0.05, 0) is 55.8 Å². The highest BCUT2D eigenvalue weighted by Gasteiger charge is 2.40. The van der Waals surface area contributed by atoms with Crippen LogP contribution in [-0.2, 0) is 6.42 Å². The number of aromatic amines is 1. The number of nitriles is 1. The van der Waals surface area contributed by atoms with Gasteiger partial charge >= 0.3 is 0 Å². The third-order valence-corrected chi connectivity index (χ3v) is 5.89. The maximum absolute atomic E-state index is 9.17. The average molecular weight is 307 g/mol. The summed E-state index contributed by atoms with van der Waals surface area (Å²) < 4.78 is 0. The van der Waals surface area contributed by atoms with Crippen LogP contribution in [0, 0.1) is 24.2 Å². The maximum Gasteiger partial charge on any atom is 0.0625 e. The first kappa shape index (κ1) is 14.8. The molecule has 1 aromatic carbocycles. The molecule has 2 aromatic rings. The van der Waals surface area contributed by atoms with Gasteiger partial charge in [0, 0.05) is 41.5 Å². The van der Waals surface area contributed by atoms with Gasteiger partial charge in [0.2, 0.25) is 0 Å². The number of hydrogen-bond donors (Lipinski definition) is 1. The number of nitrogens with one attached hydrogen (secondary N) is 1. The van der Waals surface area contributed by atoms with Crippen molar-refractivity contribution in [2.75, 3.05) is 13.1 Å². The molecule has 3 heteroatoms. The minimum absolute atomic E-state index is 0.518. The molecule has 0 radical (unpaired) electrons. The fraction of sp³-hybridized carbons (Fsp3) is 0.550. The van der Waals surface area contributed by atoms with E-state index < -0.39 is 0 Å². The number of rotatable bonds is 3. The fourth-order valence-corrected chi connectivity index (χ4v) is 4.99. The van der Waals surface area contributed by atoms with Gasteiger partial charge in [0.25, 0.3) is 0 Å². The lowest BCUT2D eigenvalue weighted by atomic mass is 9.71. The molecule has 4 rings (SSSR count). The molecule has 1 saturated heterocycles. The summed E-state index contributed by atoms with van der Waals surface area (Å²) in [4.78, 5) is 6.25. The Balaban J connectivity index is 1.81. The Bertz CT molecular complexity index is 767. The van der Waals surface area contributed by atoms with Crippen LogP contribution in [0.1, 0.15) is 48.9 Å². The molecule has 2 aliphatic rings. The van der Waals surface area contributed by atoms with E-state index in [0.29, 0.717) is 24.3 Å². The van der Waals surface area contributed by atoms with E-state index >= 15 is 0 Å². The third kappa shape index (κ3) is 2.28. The van der Waals surface area contributed by atoms with Gasteiger partial charge in [0.05, 0.1) is 6.07 Å². The van der Waals surface area contributed by atoms with E-state index in [2.05, 4.69) is 48.0 Å². The lowest BCUT2D eigenvalue weighted by Crippen LogP contribution is -2.50. The van der Waals surface area contributed by atoms with Crippen LogP contribution in [0.3, 0.4) is 0 Å². The van der Waals surface area contributed by atoms with Crippen LogP contribution < -0.4 is 0 Å². The first-order valence-corrected chi connectivity index (χ1v) is 8.94. The van der Waals surface area contributed by atoms with Crippen molar-refractivity contribution >= 4 is 10.9 Å². The number of piperidine rings is 1. The fourth-order valence-electron chi connectivity index (χ4n) is 4.99. The molecule has 1 N–H and O–H groups in total. The summed E-state index contributed by atoms with van der Waals surface area (Å²) in [5.74, 6) is 1.10. The summed E-state index contributed by atoms with van der Waals surface area (Å²) in [7, 11) is 0. The zero-order chi connectivity index (χ0) is 16.0. The van der Waals surface area contributed by atoms with Crippen LogP contribution in [0.15, 0.2) is 18.2 Å². The second kappa shape index (κ2) is 5.69. The summed E-state index contributed by atoms with van der Waals surface area (Å²) in [6, 6.07) is 9.74. The summed E-state index contributed by atoms with van der Waals surface area (Å²) in [5, 5.41) is 10.6. The number of likely N-dealkylation sites (tertiary alicyclic amines) is 1. The van der Waals surface area contributed by atoms with E-state index in [0.717, 1.165) is 19.5 Å². The molecule has 1 aliphatic carbocycles. The van der Waals surface area contributed by atoms with Crippen LogP contribution in [0.4, 0.5) is 0 Å². The van der Waals surface area contributed by atoms with Gasteiger partial charge in [0.1, 0.15) is 0 Å². The predicted octanol–water partition coefficient (Wildman–Crippen LogP) is 4.13. The Kier molecular flexibility index (Phi) is 3.66. The highest BCUT2D eigenvalue weighted by atomic mass is 15.2. The second-order valence-corrected chi connectivity index (χ2v) is 7.34. The van der Waals surface area contributed by atoms with Gasteiger partial charge in [-0.15, -0.1) is 0 Å². The Morgan fingerprint density at radius 3 is 3.04 bits per heavy atom. The Morgan fingerprint density at radius 2 is 2.26 bits per heavy atom. The molecule has 1 unspecified atom stereocenters. The Hall–Kier alpha value is -1.79. The van der Waals surface area contributed by atoms with Gasteiger partial charge in [0.15, 0.2) is 0 Å². The molecule has 0 bridgehead atoms. The highest BCUT2D eigenvalue weighted by Crippen LogP contribution is 2.46. The van der Waals surface area contributed by atoms with Crippen LogP contribution >= 0.6 is 0 Å². The van der Waals surface area contributed by atoms with Gasteiger partial charge in [-0.3, -0.25) is 4.90 Å². The molecule has 1 aliphatic heterocycles. The van der Waals surface area contributed by atoms with E-state index in [1.807, 2.05) is 0 Å². The second-order valence-electron chi connectivity index (χ2n) is 7.34. The summed E-state index contributed by atoms with van der Waals surface area (Å²) >= 11 is 0. The molecule has 120 valence electrons. The molecular formula is C20H25N3. The Labute approximate surface area is 138 Å². The van der Waals surface area contributed by atoms with Crippen LogP contribution in [0.5, 0.6) is 0 Å². The van der Waals surface area contributed by atoms with Crippen molar-refractivity contribution in [3.8, 4) is 6.07 Å². The molecule has 3 atom stereocenters. The van der Waals surface area contributed by atoms with E-state index in [1.54, 1.807) is 0 Å². The first-order valence-electron chi connectivity index (χ1n) is 8.94. The first-order chi connectivity index (χ1) is 11.2. The minimum atomic E-state index is 0.518. The van der Waals surface area contributed by atoms with E-state index in [-0.39, 0.29) is 0 Å². The van der Waals surface area contributed by atoms with Crippen molar-refractivity contribution in [1.82, 2.24) is 9.88 Å². The smallest absolute Gasteiger partial charge is 0.0625 e. The number of fused-ring (bicyclic) bond motifs is 2. The van der Waals surface area contributed by atoms with Gasteiger partial charge in [-0.25, -0.2) is 0 Å². The average Bonchev–Trinajstić information content (AvgIpc) is 2.86. The number of hydrogen-bond acceptors (Lipinski definition) is 2. The third-order valence-electron chi connectivity index (χ3n) is 5.89. The van der Waals surface area contributed by atoms with Gasteiger partial charge in [-0.2, -0.15) is 5.26 Å². The molecule has 0 amide bonds. The summed E-state index contributed by atoms with van der Waals surface area (Å²) in [5.41, 5.74) is 5.66. The lowest BCUT2D eigenvalue weighted by Gasteiger charge is -2.47. The molecule has 1 fully saturated rings. The minimum Gasteiger partial charge on any atom is -0.358 e. The Morgan fingerprint density at radius 1 is 1.39 bits per heavy atom. The number of nitrogens with zero attached hydrogens (tertiary/aromatic N) is 2. The lowest BCUT2D eigenvalue weighted by molar-refractivity contribution is 0.0860. The van der Waals surface area contributed by atoms with Crippen molar-refractivity contribution in [2.24, 2.45) is 5.92 Å². The zero-order valence-electron chi connectivity index (χ0n) is 14.1. The number of H-pyrrole nitrogens is 1. The largest absolute Gasteiger partial charge is 0.358 e. The quantitative estimate of drug-likeness (QED) is 0.926. The summed E-state index contributed by atoms with van der Waals surface area (Å²) in [6.45, 7) is 6.72. The van der Waals surface area contributed by atoms with E-state index in [4.69, 9.17) is 0 Å². The molecule has 0 spiro atoms. The normalized spacial score (nSPS) is 26.9. The van der Waals surface area contributed by atoms with Crippen molar-refractivity contribution in [3.05, 3.63) is 35.0 Å². The molecule has 23 heavy (non-hydrogen) atoms. The molecule has 1 aromatic heterocycles. The SMILES string of the molecule is CCCN1C[C@H](CC#N)CC2c3cccc4[nH]c(C)c(c34)C[C@H]21. The molecule has 0 saturated carbocycles.